The molecule has 98 valence electrons. The monoisotopic (exact) mass is 251 g/mol. The fraction of sp³-hybridized carbons (Fsp3) is 0.385. The molecular formula is C13H17NO4. The van der Waals surface area contributed by atoms with Crippen LogP contribution >= 0.6 is 0 Å². The maximum absolute atomic E-state index is 11.1. The molecule has 0 aliphatic carbocycles. The molecular weight excluding hydrogens is 234 g/mol. The van der Waals surface area contributed by atoms with E-state index in [-0.39, 0.29) is 12.4 Å². The molecule has 0 aliphatic heterocycles. The molecule has 0 heterocycles. The predicted octanol–water partition coefficient (Wildman–Crippen LogP) is 1.35. The summed E-state index contributed by atoms with van der Waals surface area (Å²) in [5.74, 6) is -0.916. The molecule has 0 saturated carbocycles. The second kappa shape index (κ2) is 5.64. The average molecular weight is 251 g/mol. The minimum Gasteiger partial charge on any atom is -0.480 e. The number of nitrogens with two attached hydrogens (primary N) is 1. The van der Waals surface area contributed by atoms with Crippen molar-refractivity contribution in [1.82, 2.24) is 0 Å². The summed E-state index contributed by atoms with van der Waals surface area (Å²) in [6.07, 6.45) is 0.520. The number of esters is 1. The van der Waals surface area contributed by atoms with Crippen LogP contribution in [0.15, 0.2) is 24.3 Å². The Morgan fingerprint density at radius 2 is 1.89 bits per heavy atom. The lowest BCUT2D eigenvalue weighted by molar-refractivity contribution is -0.142. The molecule has 0 radical (unpaired) electrons. The van der Waals surface area contributed by atoms with E-state index in [9.17, 15) is 9.59 Å². The smallest absolute Gasteiger partial charge is 0.323 e. The van der Waals surface area contributed by atoms with Crippen LogP contribution in [0, 0.1) is 0 Å². The van der Waals surface area contributed by atoms with Gasteiger partial charge >= 0.3 is 11.9 Å². The fourth-order valence-electron chi connectivity index (χ4n) is 1.38. The van der Waals surface area contributed by atoms with Gasteiger partial charge in [-0.1, -0.05) is 19.1 Å². The van der Waals surface area contributed by atoms with Crippen LogP contribution in [0.5, 0.6) is 5.75 Å². The van der Waals surface area contributed by atoms with Gasteiger partial charge in [0.1, 0.15) is 11.3 Å². The number of ether oxygens (including phenoxy) is 1. The Morgan fingerprint density at radius 1 is 1.33 bits per heavy atom. The van der Waals surface area contributed by atoms with Crippen molar-refractivity contribution < 1.29 is 19.4 Å². The Morgan fingerprint density at radius 3 is 2.33 bits per heavy atom. The Labute approximate surface area is 106 Å². The van der Waals surface area contributed by atoms with E-state index in [2.05, 4.69) is 0 Å². The highest BCUT2D eigenvalue weighted by atomic mass is 16.5. The van der Waals surface area contributed by atoms with Gasteiger partial charge in [-0.3, -0.25) is 9.59 Å². The van der Waals surface area contributed by atoms with E-state index in [0.29, 0.717) is 12.2 Å². The van der Waals surface area contributed by atoms with Crippen LogP contribution in [-0.2, 0) is 16.0 Å². The number of carboxylic acids is 1. The highest BCUT2D eigenvalue weighted by Crippen LogP contribution is 2.16. The zero-order valence-corrected chi connectivity index (χ0v) is 10.5. The van der Waals surface area contributed by atoms with Crippen LogP contribution in [-0.4, -0.2) is 22.6 Å². The molecule has 0 unspecified atom stereocenters. The first kappa shape index (κ1) is 14.2. The third kappa shape index (κ3) is 3.85. The van der Waals surface area contributed by atoms with E-state index in [0.717, 1.165) is 5.56 Å². The quantitative estimate of drug-likeness (QED) is 0.609. The first-order chi connectivity index (χ1) is 8.35. The summed E-state index contributed by atoms with van der Waals surface area (Å²) in [7, 11) is 0. The minimum atomic E-state index is -1.30. The molecule has 1 rings (SSSR count). The topological polar surface area (TPSA) is 89.6 Å². The third-order valence-corrected chi connectivity index (χ3v) is 2.50. The molecule has 1 aromatic carbocycles. The van der Waals surface area contributed by atoms with E-state index in [1.807, 2.05) is 0 Å². The van der Waals surface area contributed by atoms with Crippen molar-refractivity contribution in [2.45, 2.75) is 32.2 Å². The van der Waals surface area contributed by atoms with Crippen LogP contribution in [0.25, 0.3) is 0 Å². The van der Waals surface area contributed by atoms with E-state index < -0.39 is 11.5 Å². The zero-order valence-electron chi connectivity index (χ0n) is 10.5. The van der Waals surface area contributed by atoms with Gasteiger partial charge < -0.3 is 15.6 Å². The first-order valence-corrected chi connectivity index (χ1v) is 5.67. The molecule has 5 nitrogen and oxygen atoms in total. The Balaban J connectivity index is 2.72. The van der Waals surface area contributed by atoms with E-state index in [1.54, 1.807) is 31.2 Å². The number of carboxylic acid groups (broad SMARTS) is 1. The van der Waals surface area contributed by atoms with Gasteiger partial charge in [-0.05, 0) is 24.6 Å². The van der Waals surface area contributed by atoms with Gasteiger partial charge in [-0.2, -0.15) is 0 Å². The number of hydrogen-bond acceptors (Lipinski definition) is 4. The molecule has 1 atom stereocenters. The summed E-state index contributed by atoms with van der Waals surface area (Å²) in [6.45, 7) is 3.17. The van der Waals surface area contributed by atoms with Gasteiger partial charge in [0, 0.05) is 12.8 Å². The number of benzene rings is 1. The molecule has 0 spiro atoms. The number of hydrogen-bond donors (Lipinski definition) is 2. The van der Waals surface area contributed by atoms with Crippen LogP contribution in [0.4, 0.5) is 0 Å². The highest BCUT2D eigenvalue weighted by molar-refractivity contribution is 5.78. The zero-order chi connectivity index (χ0) is 13.8. The molecule has 0 bridgehead atoms. The molecule has 5 heteroatoms. The van der Waals surface area contributed by atoms with Crippen LogP contribution in [0.2, 0.25) is 0 Å². The Bertz CT molecular complexity index is 437. The van der Waals surface area contributed by atoms with Gasteiger partial charge in [0.15, 0.2) is 0 Å². The molecule has 18 heavy (non-hydrogen) atoms. The van der Waals surface area contributed by atoms with E-state index in [4.69, 9.17) is 15.6 Å². The molecule has 3 N–H and O–H groups in total. The highest BCUT2D eigenvalue weighted by Gasteiger charge is 2.27. The van der Waals surface area contributed by atoms with E-state index >= 15 is 0 Å². The standard InChI is InChI=1S/C13H17NO4/c1-3-11(15)18-10-6-4-9(5-7-10)8-13(2,14)12(16)17/h4-7H,3,8,14H2,1-2H3,(H,16,17)/t13-/m0/s1. The van der Waals surface area contributed by atoms with Gasteiger partial charge in [0.25, 0.3) is 0 Å². The molecule has 0 fully saturated rings. The summed E-state index contributed by atoms with van der Waals surface area (Å²) in [4.78, 5) is 21.9. The lowest BCUT2D eigenvalue weighted by atomic mass is 9.94. The summed E-state index contributed by atoms with van der Waals surface area (Å²) < 4.78 is 5.01. The molecule has 0 saturated heterocycles. The van der Waals surface area contributed by atoms with Gasteiger partial charge in [-0.15, -0.1) is 0 Å². The second-order valence-electron chi connectivity index (χ2n) is 4.37. The van der Waals surface area contributed by atoms with Crippen molar-refractivity contribution in [2.75, 3.05) is 0 Å². The second-order valence-corrected chi connectivity index (χ2v) is 4.37. The van der Waals surface area contributed by atoms with Gasteiger partial charge in [-0.25, -0.2) is 0 Å². The summed E-state index contributed by atoms with van der Waals surface area (Å²) >= 11 is 0. The number of carbonyl (C=O) groups excluding carboxylic acids is 1. The number of aliphatic carboxylic acids is 1. The van der Waals surface area contributed by atoms with Crippen molar-refractivity contribution >= 4 is 11.9 Å². The van der Waals surface area contributed by atoms with Crippen molar-refractivity contribution in [3.05, 3.63) is 29.8 Å². The van der Waals surface area contributed by atoms with Gasteiger partial charge in [0.05, 0.1) is 0 Å². The lowest BCUT2D eigenvalue weighted by Gasteiger charge is -2.19. The molecule has 0 amide bonds. The van der Waals surface area contributed by atoms with Gasteiger partial charge in [0.2, 0.25) is 0 Å². The Hall–Kier alpha value is -1.88. The van der Waals surface area contributed by atoms with Crippen LogP contribution in [0.3, 0.4) is 0 Å². The maximum Gasteiger partial charge on any atom is 0.323 e. The van der Waals surface area contributed by atoms with Crippen LogP contribution in [0.1, 0.15) is 25.8 Å². The third-order valence-electron chi connectivity index (χ3n) is 2.50. The summed E-state index contributed by atoms with van der Waals surface area (Å²) in [5, 5.41) is 8.91. The Kier molecular flexibility index (Phi) is 4.44. The minimum absolute atomic E-state index is 0.213. The maximum atomic E-state index is 11.1. The average Bonchev–Trinajstić information content (AvgIpc) is 2.31. The molecule has 0 aromatic heterocycles. The van der Waals surface area contributed by atoms with E-state index in [1.165, 1.54) is 6.92 Å². The first-order valence-electron chi connectivity index (χ1n) is 5.67. The normalized spacial score (nSPS) is 13.7. The van der Waals surface area contributed by atoms with Crippen LogP contribution < -0.4 is 10.5 Å². The van der Waals surface area contributed by atoms with Crippen molar-refractivity contribution in [3.63, 3.8) is 0 Å². The fourth-order valence-corrected chi connectivity index (χ4v) is 1.38. The number of rotatable bonds is 5. The predicted molar refractivity (Wildman–Crippen MR) is 66.3 cm³/mol. The van der Waals surface area contributed by atoms with Crippen molar-refractivity contribution in [3.8, 4) is 5.75 Å². The molecule has 0 aliphatic rings. The lowest BCUT2D eigenvalue weighted by Crippen LogP contribution is -2.46. The van der Waals surface area contributed by atoms with Crippen molar-refractivity contribution in [1.29, 1.82) is 0 Å². The van der Waals surface area contributed by atoms with Crippen molar-refractivity contribution in [2.24, 2.45) is 5.73 Å². The number of carbonyl (C=O) groups is 2. The molecule has 1 aromatic rings. The summed E-state index contributed by atoms with van der Waals surface area (Å²) in [5.41, 5.74) is 5.12. The summed E-state index contributed by atoms with van der Waals surface area (Å²) in [6, 6.07) is 6.65. The largest absolute Gasteiger partial charge is 0.480 e. The SMILES string of the molecule is CCC(=O)Oc1ccc(C[C@](C)(N)C(=O)O)cc1.